The number of aromatic nitrogens is 2. The third-order valence-electron chi connectivity index (χ3n) is 2.72. The molecule has 2 rings (SSSR count). The Bertz CT molecular complexity index is 331. The molecule has 0 saturated heterocycles. The molecular weight excluding hydrogens is 176 g/mol. The maximum absolute atomic E-state index is 5.70. The van der Waals surface area contributed by atoms with Crippen molar-refractivity contribution in [3.63, 3.8) is 0 Å². The average molecular weight is 192 g/mol. The standard InChI is InChI=1S/C10H16N4/c1-6-7(2)13-10(5-12-6)14-9-3-8(11)4-9/h5,8-9H,3-4,11H2,1-2H3,(H,13,14). The topological polar surface area (TPSA) is 63.8 Å². The summed E-state index contributed by atoms with van der Waals surface area (Å²) in [4.78, 5) is 8.66. The number of hydrogen-bond acceptors (Lipinski definition) is 4. The molecular formula is C10H16N4. The number of nitrogens with two attached hydrogens (primary N) is 1. The minimum absolute atomic E-state index is 0.368. The molecule has 76 valence electrons. The van der Waals surface area contributed by atoms with Crippen molar-refractivity contribution in [2.24, 2.45) is 5.73 Å². The summed E-state index contributed by atoms with van der Waals surface area (Å²) in [5, 5.41) is 3.32. The van der Waals surface area contributed by atoms with Gasteiger partial charge >= 0.3 is 0 Å². The Hall–Kier alpha value is -1.16. The molecule has 0 aliphatic heterocycles. The maximum atomic E-state index is 5.70. The van der Waals surface area contributed by atoms with Crippen LogP contribution in [0.5, 0.6) is 0 Å². The monoisotopic (exact) mass is 192 g/mol. The highest BCUT2D eigenvalue weighted by molar-refractivity contribution is 5.35. The van der Waals surface area contributed by atoms with Gasteiger partial charge in [-0.3, -0.25) is 4.98 Å². The molecule has 0 atom stereocenters. The second kappa shape index (κ2) is 3.53. The second-order valence-corrected chi connectivity index (χ2v) is 4.00. The minimum atomic E-state index is 0.368. The zero-order chi connectivity index (χ0) is 10.1. The number of nitrogens with zero attached hydrogens (tertiary/aromatic N) is 2. The lowest BCUT2D eigenvalue weighted by atomic mass is 9.88. The summed E-state index contributed by atoms with van der Waals surface area (Å²) in [6.45, 7) is 3.94. The number of nitrogens with one attached hydrogen (secondary N) is 1. The van der Waals surface area contributed by atoms with Crippen LogP contribution in [0.1, 0.15) is 24.2 Å². The van der Waals surface area contributed by atoms with Gasteiger partial charge in [-0.15, -0.1) is 0 Å². The Labute approximate surface area is 83.9 Å². The molecule has 1 aliphatic carbocycles. The highest BCUT2D eigenvalue weighted by Crippen LogP contribution is 2.21. The molecule has 0 radical (unpaired) electrons. The maximum Gasteiger partial charge on any atom is 0.145 e. The van der Waals surface area contributed by atoms with Crippen LogP contribution in [0.3, 0.4) is 0 Å². The SMILES string of the molecule is Cc1ncc(NC2CC(N)C2)nc1C. The summed E-state index contributed by atoms with van der Waals surface area (Å²) in [5.41, 5.74) is 7.67. The fraction of sp³-hybridized carbons (Fsp3) is 0.600. The number of rotatable bonds is 2. The molecule has 0 unspecified atom stereocenters. The van der Waals surface area contributed by atoms with Crippen molar-refractivity contribution >= 4 is 5.82 Å². The first-order valence-corrected chi connectivity index (χ1v) is 4.97. The highest BCUT2D eigenvalue weighted by Gasteiger charge is 2.25. The van der Waals surface area contributed by atoms with Gasteiger partial charge < -0.3 is 11.1 Å². The summed E-state index contributed by atoms with van der Waals surface area (Å²) in [6.07, 6.45) is 3.86. The molecule has 0 aromatic carbocycles. The fourth-order valence-electron chi connectivity index (χ4n) is 1.60. The van der Waals surface area contributed by atoms with Gasteiger partial charge in [-0.2, -0.15) is 0 Å². The van der Waals surface area contributed by atoms with Crippen LogP contribution in [0, 0.1) is 13.8 Å². The molecule has 0 spiro atoms. The van der Waals surface area contributed by atoms with E-state index >= 15 is 0 Å². The van der Waals surface area contributed by atoms with Gasteiger partial charge in [0.05, 0.1) is 17.6 Å². The lowest BCUT2D eigenvalue weighted by Crippen LogP contribution is -2.44. The van der Waals surface area contributed by atoms with Crippen LogP contribution in [0.2, 0.25) is 0 Å². The Morgan fingerprint density at radius 1 is 1.36 bits per heavy atom. The molecule has 1 aromatic heterocycles. The van der Waals surface area contributed by atoms with E-state index in [0.29, 0.717) is 12.1 Å². The van der Waals surface area contributed by atoms with Crippen molar-refractivity contribution in [2.45, 2.75) is 38.8 Å². The van der Waals surface area contributed by atoms with E-state index in [0.717, 1.165) is 30.0 Å². The summed E-state index contributed by atoms with van der Waals surface area (Å²) in [5.74, 6) is 0.866. The summed E-state index contributed by atoms with van der Waals surface area (Å²) in [6, 6.07) is 0.855. The lowest BCUT2D eigenvalue weighted by Gasteiger charge is -2.33. The van der Waals surface area contributed by atoms with Crippen molar-refractivity contribution in [3.05, 3.63) is 17.6 Å². The number of hydrogen-bond donors (Lipinski definition) is 2. The quantitative estimate of drug-likeness (QED) is 0.733. The first-order chi connectivity index (χ1) is 6.65. The molecule has 1 aromatic rings. The van der Waals surface area contributed by atoms with Crippen LogP contribution in [-0.4, -0.2) is 22.1 Å². The summed E-state index contributed by atoms with van der Waals surface area (Å²) >= 11 is 0. The molecule has 0 amide bonds. The van der Waals surface area contributed by atoms with Crippen molar-refractivity contribution in [3.8, 4) is 0 Å². The smallest absolute Gasteiger partial charge is 0.145 e. The van der Waals surface area contributed by atoms with Crippen LogP contribution in [-0.2, 0) is 0 Å². The fourth-order valence-corrected chi connectivity index (χ4v) is 1.60. The van der Waals surface area contributed by atoms with Crippen LogP contribution < -0.4 is 11.1 Å². The third kappa shape index (κ3) is 1.85. The number of anilines is 1. The van der Waals surface area contributed by atoms with Gasteiger partial charge in [0.1, 0.15) is 5.82 Å². The van der Waals surface area contributed by atoms with Gasteiger partial charge in [0, 0.05) is 12.1 Å². The van der Waals surface area contributed by atoms with Gasteiger partial charge in [-0.1, -0.05) is 0 Å². The van der Waals surface area contributed by atoms with E-state index in [2.05, 4.69) is 15.3 Å². The van der Waals surface area contributed by atoms with Gasteiger partial charge in [-0.25, -0.2) is 4.98 Å². The van der Waals surface area contributed by atoms with Crippen molar-refractivity contribution in [2.75, 3.05) is 5.32 Å². The highest BCUT2D eigenvalue weighted by atomic mass is 15.1. The Balaban J connectivity index is 2.00. The molecule has 1 aliphatic rings. The Morgan fingerprint density at radius 3 is 2.64 bits per heavy atom. The van der Waals surface area contributed by atoms with Crippen LogP contribution in [0.25, 0.3) is 0 Å². The van der Waals surface area contributed by atoms with Crippen LogP contribution in [0.15, 0.2) is 6.20 Å². The second-order valence-electron chi connectivity index (χ2n) is 4.00. The Kier molecular flexibility index (Phi) is 2.37. The first kappa shape index (κ1) is 9.40. The van der Waals surface area contributed by atoms with E-state index in [-0.39, 0.29) is 0 Å². The van der Waals surface area contributed by atoms with E-state index in [9.17, 15) is 0 Å². The molecule has 1 saturated carbocycles. The first-order valence-electron chi connectivity index (χ1n) is 4.97. The molecule has 3 N–H and O–H groups in total. The molecule has 1 fully saturated rings. The van der Waals surface area contributed by atoms with Gasteiger partial charge in [0.15, 0.2) is 0 Å². The van der Waals surface area contributed by atoms with Crippen molar-refractivity contribution in [1.29, 1.82) is 0 Å². The van der Waals surface area contributed by atoms with E-state index in [4.69, 9.17) is 5.73 Å². The van der Waals surface area contributed by atoms with E-state index in [1.807, 2.05) is 13.8 Å². The van der Waals surface area contributed by atoms with Gasteiger partial charge in [0.2, 0.25) is 0 Å². The van der Waals surface area contributed by atoms with Gasteiger partial charge in [-0.05, 0) is 26.7 Å². The van der Waals surface area contributed by atoms with Crippen molar-refractivity contribution < 1.29 is 0 Å². The van der Waals surface area contributed by atoms with E-state index in [1.54, 1.807) is 6.20 Å². The summed E-state index contributed by atoms with van der Waals surface area (Å²) in [7, 11) is 0. The van der Waals surface area contributed by atoms with Gasteiger partial charge in [0.25, 0.3) is 0 Å². The molecule has 0 bridgehead atoms. The third-order valence-corrected chi connectivity index (χ3v) is 2.72. The predicted octanol–water partition coefficient (Wildman–Crippen LogP) is 0.995. The minimum Gasteiger partial charge on any atom is -0.366 e. The molecule has 4 heteroatoms. The largest absolute Gasteiger partial charge is 0.366 e. The number of aryl methyl sites for hydroxylation is 2. The molecule has 1 heterocycles. The zero-order valence-corrected chi connectivity index (χ0v) is 8.62. The van der Waals surface area contributed by atoms with E-state index in [1.165, 1.54) is 0 Å². The lowest BCUT2D eigenvalue weighted by molar-refractivity contribution is 0.373. The summed E-state index contributed by atoms with van der Waals surface area (Å²) < 4.78 is 0. The van der Waals surface area contributed by atoms with E-state index < -0.39 is 0 Å². The average Bonchev–Trinajstić information content (AvgIpc) is 2.09. The predicted molar refractivity (Wildman–Crippen MR) is 56.1 cm³/mol. The zero-order valence-electron chi connectivity index (χ0n) is 8.62. The van der Waals surface area contributed by atoms with Crippen LogP contribution in [0.4, 0.5) is 5.82 Å². The van der Waals surface area contributed by atoms with Crippen LogP contribution >= 0.6 is 0 Å². The molecule has 4 nitrogen and oxygen atoms in total. The van der Waals surface area contributed by atoms with Crippen molar-refractivity contribution in [1.82, 2.24) is 9.97 Å². The normalized spacial score (nSPS) is 25.6. The molecule has 14 heavy (non-hydrogen) atoms. The Morgan fingerprint density at radius 2 is 2.07 bits per heavy atom.